The third-order valence-corrected chi connectivity index (χ3v) is 2.49. The highest BCUT2D eigenvalue weighted by Gasteiger charge is 2.14. The van der Waals surface area contributed by atoms with Crippen LogP contribution in [-0.4, -0.2) is 33.1 Å². The molecule has 0 amide bonds. The summed E-state index contributed by atoms with van der Waals surface area (Å²) in [6.45, 7) is 0. The molecule has 1 aromatic carbocycles. The smallest absolute Gasteiger partial charge is 0.305 e. The summed E-state index contributed by atoms with van der Waals surface area (Å²) in [6.07, 6.45) is 0.153. The van der Waals surface area contributed by atoms with Gasteiger partial charge in [0.1, 0.15) is 11.5 Å². The predicted molar refractivity (Wildman–Crippen MR) is 65.1 cm³/mol. The van der Waals surface area contributed by atoms with E-state index in [0.29, 0.717) is 17.1 Å². The van der Waals surface area contributed by atoms with E-state index in [9.17, 15) is 9.59 Å². The molecule has 0 bridgehead atoms. The average molecular weight is 252 g/mol. The Morgan fingerprint density at radius 1 is 1.06 bits per heavy atom. The molecule has 0 spiro atoms. The lowest BCUT2D eigenvalue weighted by Crippen LogP contribution is -2.07. The molecular weight excluding hydrogens is 236 g/mol. The van der Waals surface area contributed by atoms with Crippen LogP contribution in [0.5, 0.6) is 11.5 Å². The molecule has 5 heteroatoms. The van der Waals surface area contributed by atoms with E-state index >= 15 is 0 Å². The first-order valence-electron chi connectivity index (χ1n) is 5.44. The summed E-state index contributed by atoms with van der Waals surface area (Å²) >= 11 is 0. The minimum absolute atomic E-state index is 0.0600. The minimum Gasteiger partial charge on any atom is -0.497 e. The molecule has 5 nitrogen and oxygen atoms in total. The number of esters is 1. The summed E-state index contributed by atoms with van der Waals surface area (Å²) in [5.74, 6) is 0.469. The molecule has 0 radical (unpaired) electrons. The highest BCUT2D eigenvalue weighted by atomic mass is 16.5. The van der Waals surface area contributed by atoms with Crippen molar-refractivity contribution in [2.75, 3.05) is 21.3 Å². The Bertz CT molecular complexity index is 439. The van der Waals surface area contributed by atoms with E-state index < -0.39 is 5.97 Å². The van der Waals surface area contributed by atoms with Crippen molar-refractivity contribution < 1.29 is 23.8 Å². The zero-order valence-corrected chi connectivity index (χ0v) is 10.7. The lowest BCUT2D eigenvalue weighted by atomic mass is 10.1. The van der Waals surface area contributed by atoms with Gasteiger partial charge in [-0.2, -0.15) is 0 Å². The number of ketones is 1. The summed E-state index contributed by atoms with van der Waals surface area (Å²) in [5, 5.41) is 0. The third-order valence-electron chi connectivity index (χ3n) is 2.49. The second-order valence-corrected chi connectivity index (χ2v) is 3.57. The van der Waals surface area contributed by atoms with Crippen LogP contribution in [0.4, 0.5) is 0 Å². The van der Waals surface area contributed by atoms with Crippen LogP contribution in [0, 0.1) is 0 Å². The molecule has 0 saturated heterocycles. The molecule has 18 heavy (non-hydrogen) atoms. The van der Waals surface area contributed by atoms with Gasteiger partial charge >= 0.3 is 5.97 Å². The zero-order valence-electron chi connectivity index (χ0n) is 10.7. The Morgan fingerprint density at radius 2 is 1.78 bits per heavy atom. The normalized spacial score (nSPS) is 9.72. The number of ether oxygens (including phenoxy) is 3. The molecule has 0 atom stereocenters. The number of carbonyl (C=O) groups is 2. The summed E-state index contributed by atoms with van der Waals surface area (Å²) in [4.78, 5) is 22.9. The standard InChI is InChI=1S/C13H16O5/c1-16-9-4-5-10(12(8-9)17-2)11(14)6-7-13(15)18-3/h4-5,8H,6-7H2,1-3H3. The molecule has 0 heterocycles. The Morgan fingerprint density at radius 3 is 2.33 bits per heavy atom. The summed E-state index contributed by atoms with van der Waals surface area (Å²) in [6, 6.07) is 4.93. The first-order valence-corrected chi connectivity index (χ1v) is 5.44. The van der Waals surface area contributed by atoms with Crippen molar-refractivity contribution in [2.24, 2.45) is 0 Å². The fraction of sp³-hybridized carbons (Fsp3) is 0.385. The van der Waals surface area contributed by atoms with E-state index in [0.717, 1.165) is 0 Å². The monoisotopic (exact) mass is 252 g/mol. The maximum Gasteiger partial charge on any atom is 0.305 e. The maximum atomic E-state index is 11.9. The third kappa shape index (κ3) is 3.48. The van der Waals surface area contributed by atoms with Crippen LogP contribution in [-0.2, 0) is 9.53 Å². The quantitative estimate of drug-likeness (QED) is 0.571. The highest BCUT2D eigenvalue weighted by Crippen LogP contribution is 2.25. The van der Waals surface area contributed by atoms with E-state index in [4.69, 9.17) is 9.47 Å². The summed E-state index contributed by atoms with van der Waals surface area (Å²) in [7, 11) is 4.31. The van der Waals surface area contributed by atoms with Crippen molar-refractivity contribution in [1.29, 1.82) is 0 Å². The molecule has 0 aromatic heterocycles. The number of Topliss-reactive ketones (excluding diaryl/α,β-unsaturated/α-hetero) is 1. The van der Waals surface area contributed by atoms with Gasteiger partial charge < -0.3 is 14.2 Å². The van der Waals surface area contributed by atoms with Gasteiger partial charge in [0, 0.05) is 12.5 Å². The van der Waals surface area contributed by atoms with Gasteiger partial charge in [0.2, 0.25) is 0 Å². The Balaban J connectivity index is 2.81. The molecule has 0 aliphatic heterocycles. The molecule has 0 fully saturated rings. The van der Waals surface area contributed by atoms with E-state index in [2.05, 4.69) is 4.74 Å². The molecule has 98 valence electrons. The van der Waals surface area contributed by atoms with Gasteiger partial charge in [0.15, 0.2) is 5.78 Å². The molecule has 1 aromatic rings. The van der Waals surface area contributed by atoms with Gasteiger partial charge in [-0.25, -0.2) is 0 Å². The van der Waals surface area contributed by atoms with Crippen molar-refractivity contribution >= 4 is 11.8 Å². The van der Waals surface area contributed by atoms with Gasteiger partial charge in [-0.05, 0) is 12.1 Å². The first-order chi connectivity index (χ1) is 8.62. The SMILES string of the molecule is COC(=O)CCC(=O)c1ccc(OC)cc1OC. The largest absolute Gasteiger partial charge is 0.497 e. The van der Waals surface area contributed by atoms with Crippen LogP contribution in [0.3, 0.4) is 0 Å². The van der Waals surface area contributed by atoms with Crippen molar-refractivity contribution in [1.82, 2.24) is 0 Å². The van der Waals surface area contributed by atoms with Crippen molar-refractivity contribution in [3.63, 3.8) is 0 Å². The number of methoxy groups -OCH3 is 3. The number of hydrogen-bond donors (Lipinski definition) is 0. The topological polar surface area (TPSA) is 61.8 Å². The van der Waals surface area contributed by atoms with Gasteiger partial charge in [0.05, 0.1) is 33.3 Å². The Labute approximate surface area is 106 Å². The molecule has 0 saturated carbocycles. The van der Waals surface area contributed by atoms with E-state index in [1.807, 2.05) is 0 Å². The first kappa shape index (κ1) is 14.0. The minimum atomic E-state index is -0.407. The zero-order chi connectivity index (χ0) is 13.5. The summed E-state index contributed by atoms with van der Waals surface area (Å²) in [5.41, 5.74) is 0.433. The van der Waals surface area contributed by atoms with E-state index in [-0.39, 0.29) is 18.6 Å². The van der Waals surface area contributed by atoms with Gasteiger partial charge in [-0.3, -0.25) is 9.59 Å². The number of hydrogen-bond acceptors (Lipinski definition) is 5. The fourth-order valence-corrected chi connectivity index (χ4v) is 1.48. The Hall–Kier alpha value is -2.04. The molecule has 0 aliphatic rings. The van der Waals surface area contributed by atoms with Crippen molar-refractivity contribution in [2.45, 2.75) is 12.8 Å². The lowest BCUT2D eigenvalue weighted by molar-refractivity contribution is -0.140. The molecule has 1 rings (SSSR count). The second kappa shape index (κ2) is 6.64. The highest BCUT2D eigenvalue weighted by molar-refractivity contribution is 6.00. The second-order valence-electron chi connectivity index (χ2n) is 3.57. The fourth-order valence-electron chi connectivity index (χ4n) is 1.48. The van der Waals surface area contributed by atoms with Gasteiger partial charge in [0.25, 0.3) is 0 Å². The van der Waals surface area contributed by atoms with Crippen LogP contribution in [0.1, 0.15) is 23.2 Å². The van der Waals surface area contributed by atoms with E-state index in [1.54, 1.807) is 18.2 Å². The van der Waals surface area contributed by atoms with Crippen molar-refractivity contribution in [3.8, 4) is 11.5 Å². The van der Waals surface area contributed by atoms with Crippen molar-refractivity contribution in [3.05, 3.63) is 23.8 Å². The lowest BCUT2D eigenvalue weighted by Gasteiger charge is -2.09. The van der Waals surface area contributed by atoms with Crippen LogP contribution in [0.15, 0.2) is 18.2 Å². The maximum absolute atomic E-state index is 11.9. The Kier molecular flexibility index (Phi) is 5.17. The average Bonchev–Trinajstić information content (AvgIpc) is 2.43. The van der Waals surface area contributed by atoms with Gasteiger partial charge in [-0.15, -0.1) is 0 Å². The van der Waals surface area contributed by atoms with Crippen LogP contribution in [0.2, 0.25) is 0 Å². The van der Waals surface area contributed by atoms with Gasteiger partial charge in [-0.1, -0.05) is 0 Å². The summed E-state index contributed by atoms with van der Waals surface area (Å²) < 4.78 is 14.7. The number of rotatable bonds is 6. The van der Waals surface area contributed by atoms with Crippen LogP contribution in [0.25, 0.3) is 0 Å². The molecule has 0 N–H and O–H groups in total. The van der Waals surface area contributed by atoms with Crippen LogP contribution < -0.4 is 9.47 Å². The molecule has 0 unspecified atom stereocenters. The number of benzene rings is 1. The number of carbonyl (C=O) groups excluding carboxylic acids is 2. The molecular formula is C13H16O5. The predicted octanol–water partition coefficient (Wildman–Crippen LogP) is 1.84. The van der Waals surface area contributed by atoms with E-state index in [1.165, 1.54) is 21.3 Å². The van der Waals surface area contributed by atoms with Crippen LogP contribution >= 0.6 is 0 Å². The molecule has 0 aliphatic carbocycles.